The van der Waals surface area contributed by atoms with Gasteiger partial charge in [0.05, 0.1) is 0 Å². The molecule has 1 aliphatic rings. The van der Waals surface area contributed by atoms with E-state index < -0.39 is 10.0 Å². The van der Waals surface area contributed by atoms with Crippen molar-refractivity contribution in [2.24, 2.45) is 5.14 Å². The Morgan fingerprint density at radius 2 is 2.10 bits per heavy atom. The second-order valence-corrected chi connectivity index (χ2v) is 7.15. The molecule has 118 valence electrons. The molecule has 1 unspecified atom stereocenters. The van der Waals surface area contributed by atoms with Gasteiger partial charge in [-0.3, -0.25) is 4.79 Å². The maximum absolute atomic E-state index is 12.8. The van der Waals surface area contributed by atoms with Crippen molar-refractivity contribution in [3.63, 3.8) is 0 Å². The fourth-order valence-electron chi connectivity index (χ4n) is 2.80. The molecule has 0 saturated carbocycles. The molecule has 1 aromatic rings. The van der Waals surface area contributed by atoms with E-state index in [1.54, 1.807) is 4.57 Å². The first-order valence-corrected chi connectivity index (χ1v) is 8.93. The van der Waals surface area contributed by atoms with Crippen molar-refractivity contribution in [2.45, 2.75) is 57.0 Å². The Hall–Kier alpha value is -1.34. The molecule has 6 nitrogen and oxygen atoms in total. The van der Waals surface area contributed by atoms with Gasteiger partial charge in [-0.25, -0.2) is 13.6 Å². The van der Waals surface area contributed by atoms with E-state index in [1.807, 2.05) is 18.7 Å². The molecule has 1 fully saturated rings. The summed E-state index contributed by atoms with van der Waals surface area (Å²) < 4.78 is 24.6. The van der Waals surface area contributed by atoms with E-state index in [0.717, 1.165) is 32.2 Å². The summed E-state index contributed by atoms with van der Waals surface area (Å²) in [5, 5.41) is 5.16. The summed E-state index contributed by atoms with van der Waals surface area (Å²) >= 11 is 0. The average molecular weight is 313 g/mol. The van der Waals surface area contributed by atoms with E-state index in [-0.39, 0.29) is 16.8 Å². The summed E-state index contributed by atoms with van der Waals surface area (Å²) in [4.78, 5) is 14.6. The highest BCUT2D eigenvalue weighted by Crippen LogP contribution is 2.21. The van der Waals surface area contributed by atoms with Gasteiger partial charge in [0.2, 0.25) is 10.0 Å². The van der Waals surface area contributed by atoms with Gasteiger partial charge < -0.3 is 9.47 Å². The molecule has 2 heterocycles. The molecule has 21 heavy (non-hydrogen) atoms. The second kappa shape index (κ2) is 6.19. The predicted octanol–water partition coefficient (Wildman–Crippen LogP) is 1.56. The number of aryl methyl sites for hydroxylation is 1. The molecule has 2 rings (SSSR count). The Morgan fingerprint density at radius 3 is 2.71 bits per heavy atom. The summed E-state index contributed by atoms with van der Waals surface area (Å²) in [7, 11) is -3.79. The highest BCUT2D eigenvalue weighted by molar-refractivity contribution is 7.89. The fourth-order valence-corrected chi connectivity index (χ4v) is 3.35. The molecular formula is C14H23N3O3S. The average Bonchev–Trinajstić information content (AvgIpc) is 2.75. The number of sulfonamides is 1. The van der Waals surface area contributed by atoms with Gasteiger partial charge in [0.25, 0.3) is 5.91 Å². The number of nitrogens with two attached hydrogens (primary N) is 1. The third kappa shape index (κ3) is 3.47. The van der Waals surface area contributed by atoms with Crippen molar-refractivity contribution < 1.29 is 13.2 Å². The van der Waals surface area contributed by atoms with Crippen molar-refractivity contribution >= 4 is 15.9 Å². The maximum Gasteiger partial charge on any atom is 0.270 e. The van der Waals surface area contributed by atoms with E-state index in [4.69, 9.17) is 5.14 Å². The zero-order chi connectivity index (χ0) is 15.6. The zero-order valence-electron chi connectivity index (χ0n) is 12.6. The van der Waals surface area contributed by atoms with Crippen molar-refractivity contribution in [2.75, 3.05) is 6.54 Å². The Morgan fingerprint density at radius 1 is 1.38 bits per heavy atom. The van der Waals surface area contributed by atoms with Crippen LogP contribution >= 0.6 is 0 Å². The number of carbonyl (C=O) groups excluding carboxylic acids is 1. The molecule has 0 aromatic carbocycles. The number of hydrogen-bond acceptors (Lipinski definition) is 3. The molecule has 1 amide bonds. The normalized spacial score (nSPS) is 20.3. The van der Waals surface area contributed by atoms with E-state index >= 15 is 0 Å². The maximum atomic E-state index is 12.8. The zero-order valence-corrected chi connectivity index (χ0v) is 13.4. The van der Waals surface area contributed by atoms with Gasteiger partial charge in [-0.1, -0.05) is 12.8 Å². The summed E-state index contributed by atoms with van der Waals surface area (Å²) in [6.07, 6.45) is 5.67. The lowest BCUT2D eigenvalue weighted by Crippen LogP contribution is -2.39. The summed E-state index contributed by atoms with van der Waals surface area (Å²) in [6.45, 7) is 5.16. The van der Waals surface area contributed by atoms with Crippen LogP contribution in [-0.2, 0) is 16.6 Å². The third-order valence-corrected chi connectivity index (χ3v) is 4.95. The molecular weight excluding hydrogens is 290 g/mol. The van der Waals surface area contributed by atoms with Crippen molar-refractivity contribution in [3.05, 3.63) is 18.0 Å². The highest BCUT2D eigenvalue weighted by Gasteiger charge is 2.26. The number of rotatable bonds is 3. The molecule has 1 aromatic heterocycles. The minimum absolute atomic E-state index is 0.00447. The van der Waals surface area contributed by atoms with Gasteiger partial charge in [-0.2, -0.15) is 0 Å². The number of nitrogens with zero attached hydrogens (tertiary/aromatic N) is 2. The van der Waals surface area contributed by atoms with Crippen molar-refractivity contribution in [1.82, 2.24) is 9.47 Å². The summed E-state index contributed by atoms with van der Waals surface area (Å²) in [5.41, 5.74) is 0.398. The van der Waals surface area contributed by atoms with Crippen molar-refractivity contribution in [1.29, 1.82) is 0 Å². The highest BCUT2D eigenvalue weighted by atomic mass is 32.2. The monoisotopic (exact) mass is 313 g/mol. The Labute approximate surface area is 126 Å². The smallest absolute Gasteiger partial charge is 0.270 e. The molecule has 7 heteroatoms. The van der Waals surface area contributed by atoms with Gasteiger partial charge in [0.15, 0.2) is 0 Å². The number of likely N-dealkylation sites (tertiary alicyclic amines) is 1. The van der Waals surface area contributed by atoms with Crippen LogP contribution in [0.15, 0.2) is 17.2 Å². The molecule has 1 aliphatic heterocycles. The molecule has 1 saturated heterocycles. The van der Waals surface area contributed by atoms with E-state index in [9.17, 15) is 13.2 Å². The van der Waals surface area contributed by atoms with Gasteiger partial charge in [0.1, 0.15) is 10.6 Å². The van der Waals surface area contributed by atoms with Crippen LogP contribution in [-0.4, -0.2) is 36.4 Å². The minimum atomic E-state index is -3.79. The Balaban J connectivity index is 2.35. The molecule has 0 radical (unpaired) electrons. The number of aromatic nitrogens is 1. The van der Waals surface area contributed by atoms with Gasteiger partial charge in [-0.15, -0.1) is 0 Å². The minimum Gasteiger partial charge on any atom is -0.342 e. The van der Waals surface area contributed by atoms with Gasteiger partial charge >= 0.3 is 0 Å². The number of amides is 1. The first kappa shape index (κ1) is 16.0. The van der Waals surface area contributed by atoms with E-state index in [1.165, 1.54) is 12.3 Å². The fraction of sp³-hybridized carbons (Fsp3) is 0.643. The Bertz CT molecular complexity index is 621. The largest absolute Gasteiger partial charge is 0.342 e. The lowest BCUT2D eigenvalue weighted by atomic mass is 10.1. The summed E-state index contributed by atoms with van der Waals surface area (Å²) in [6, 6.07) is 1.57. The number of carbonyl (C=O) groups is 1. The first-order valence-electron chi connectivity index (χ1n) is 7.38. The van der Waals surface area contributed by atoms with E-state index in [2.05, 4.69) is 0 Å². The van der Waals surface area contributed by atoms with Crippen molar-refractivity contribution in [3.8, 4) is 0 Å². The summed E-state index contributed by atoms with van der Waals surface area (Å²) in [5.74, 6) is -0.110. The van der Waals surface area contributed by atoms with Crippen LogP contribution < -0.4 is 5.14 Å². The van der Waals surface area contributed by atoms with Crippen LogP contribution in [0, 0.1) is 0 Å². The quantitative estimate of drug-likeness (QED) is 0.919. The first-order chi connectivity index (χ1) is 9.84. The van der Waals surface area contributed by atoms with Crippen LogP contribution in [0.3, 0.4) is 0 Å². The van der Waals surface area contributed by atoms with Crippen LogP contribution in [0.25, 0.3) is 0 Å². The SMILES string of the molecule is CCn1cc(S(N)(=O)=O)cc1C(=O)N1CCCCCC1C. The lowest BCUT2D eigenvalue weighted by Gasteiger charge is -2.27. The number of primary sulfonamides is 1. The van der Waals surface area contributed by atoms with E-state index in [0.29, 0.717) is 12.2 Å². The van der Waals surface area contributed by atoms with Crippen LogP contribution in [0.2, 0.25) is 0 Å². The predicted molar refractivity (Wildman–Crippen MR) is 80.4 cm³/mol. The molecule has 0 bridgehead atoms. The molecule has 0 aliphatic carbocycles. The van der Waals surface area contributed by atoms with Crippen LogP contribution in [0.5, 0.6) is 0 Å². The van der Waals surface area contributed by atoms with Gasteiger partial charge in [0, 0.05) is 25.3 Å². The standard InChI is InChI=1S/C14H23N3O3S/c1-3-16-10-12(21(15,19)20)9-13(16)14(18)17-8-6-4-5-7-11(17)2/h9-11H,3-8H2,1-2H3,(H2,15,19,20). The molecule has 0 spiro atoms. The second-order valence-electron chi connectivity index (χ2n) is 5.59. The topological polar surface area (TPSA) is 85.4 Å². The van der Waals surface area contributed by atoms with Crippen LogP contribution in [0.4, 0.5) is 0 Å². The van der Waals surface area contributed by atoms with Crippen LogP contribution in [0.1, 0.15) is 50.0 Å². The Kier molecular flexibility index (Phi) is 4.73. The third-order valence-electron chi connectivity index (χ3n) is 4.07. The molecule has 1 atom stereocenters. The molecule has 2 N–H and O–H groups in total. The lowest BCUT2D eigenvalue weighted by molar-refractivity contribution is 0.0687. The van der Waals surface area contributed by atoms with Gasteiger partial charge in [-0.05, 0) is 32.8 Å². The number of hydrogen-bond donors (Lipinski definition) is 1.